The minimum absolute atomic E-state index is 0.0212. The van der Waals surface area contributed by atoms with Crippen LogP contribution in [0.15, 0.2) is 88.7 Å². The maximum atomic E-state index is 12.9. The maximum Gasteiger partial charge on any atom is 0.295 e. The Balaban J connectivity index is 1.64. The van der Waals surface area contributed by atoms with Gasteiger partial charge in [0.2, 0.25) is 0 Å². The molecule has 6 rings (SSSR count). The van der Waals surface area contributed by atoms with E-state index in [0.717, 1.165) is 54.2 Å². The largest absolute Gasteiger partial charge is 0.457 e. The van der Waals surface area contributed by atoms with Crippen LogP contribution in [0.4, 0.5) is 5.69 Å². The summed E-state index contributed by atoms with van der Waals surface area (Å²) in [4.78, 5) is 9.19. The molecule has 1 aliphatic rings. The van der Waals surface area contributed by atoms with Crippen molar-refractivity contribution >= 4 is 48.8 Å². The lowest BCUT2D eigenvalue weighted by Crippen LogP contribution is -2.27. The first-order valence-corrected chi connectivity index (χ1v) is 19.2. The van der Waals surface area contributed by atoms with E-state index in [2.05, 4.69) is 20.4 Å². The van der Waals surface area contributed by atoms with Gasteiger partial charge < -0.3 is 9.47 Å². The second kappa shape index (κ2) is 13.9. The molecule has 0 atom stereocenters. The Kier molecular flexibility index (Phi) is 9.75. The fraction of sp³-hybridized carbons (Fsp3) is 0.211. The molecule has 0 saturated heterocycles. The highest BCUT2D eigenvalue weighted by atomic mass is 32.2. The summed E-state index contributed by atoms with van der Waals surface area (Å²) in [6.07, 6.45) is 4.88. The molecule has 0 aliphatic carbocycles. The standard InChI is InChI=1S/C38H35NO10S2/c1-4-6-8-24-21-34-36(32-19-16-29(50(42,43)44)22-35(32)51(45,46)47)33-17-10-25-20-28(48-27-13-11-26(12-14-27)39(40)41)15-18-31(25)38(33)49-37(34)30(23(24)3)9-7-5-2/h10-22H,3-9H2,1-2H3,(H,42,43,44)(H,45,46,47). The van der Waals surface area contributed by atoms with Gasteiger partial charge in [-0.15, -0.1) is 0 Å². The third kappa shape index (κ3) is 7.10. The predicted octanol–water partition coefficient (Wildman–Crippen LogP) is 7.48. The van der Waals surface area contributed by atoms with Gasteiger partial charge in [0.1, 0.15) is 27.9 Å². The van der Waals surface area contributed by atoms with Crippen LogP contribution in [-0.4, -0.2) is 30.9 Å². The molecule has 0 amide bonds. The molecular weight excluding hydrogens is 695 g/mol. The first-order chi connectivity index (χ1) is 24.2. The van der Waals surface area contributed by atoms with E-state index in [1.807, 2.05) is 6.07 Å². The second-order valence-corrected chi connectivity index (χ2v) is 15.2. The number of non-ortho nitro benzene ring substituents is 1. The van der Waals surface area contributed by atoms with Gasteiger partial charge in [-0.2, -0.15) is 16.8 Å². The van der Waals surface area contributed by atoms with E-state index in [4.69, 9.17) is 9.47 Å². The van der Waals surface area contributed by atoms with Gasteiger partial charge in [0.05, 0.1) is 9.82 Å². The van der Waals surface area contributed by atoms with Crippen LogP contribution in [-0.2, 0) is 33.1 Å². The smallest absolute Gasteiger partial charge is 0.295 e. The molecule has 0 fully saturated rings. The number of fused-ring (bicyclic) bond motifs is 4. The van der Waals surface area contributed by atoms with Gasteiger partial charge in [0, 0.05) is 45.0 Å². The molecule has 13 heteroatoms. The quantitative estimate of drug-likeness (QED) is 0.0731. The minimum Gasteiger partial charge on any atom is -0.457 e. The van der Waals surface area contributed by atoms with Crippen molar-refractivity contribution in [3.05, 3.63) is 122 Å². The first-order valence-electron chi connectivity index (χ1n) is 16.4. The number of rotatable bonds is 12. The van der Waals surface area contributed by atoms with Gasteiger partial charge in [0.25, 0.3) is 25.9 Å². The van der Waals surface area contributed by atoms with E-state index >= 15 is 0 Å². The highest BCUT2D eigenvalue weighted by Gasteiger charge is 2.30. The molecule has 264 valence electrons. The van der Waals surface area contributed by atoms with Crippen molar-refractivity contribution in [2.24, 2.45) is 0 Å². The Morgan fingerprint density at radius 3 is 2.10 bits per heavy atom. The van der Waals surface area contributed by atoms with Gasteiger partial charge in [0.15, 0.2) is 0 Å². The molecular formula is C38H35NO10S2. The molecule has 0 spiro atoms. The van der Waals surface area contributed by atoms with Crippen LogP contribution in [0.5, 0.6) is 23.0 Å². The Bertz CT molecular complexity index is 2550. The molecule has 11 nitrogen and oxygen atoms in total. The summed E-state index contributed by atoms with van der Waals surface area (Å²) in [5, 5.41) is 13.8. The second-order valence-electron chi connectivity index (χ2n) is 12.3. The lowest BCUT2D eigenvalue weighted by molar-refractivity contribution is -0.384. The van der Waals surface area contributed by atoms with E-state index in [1.165, 1.54) is 30.3 Å². The van der Waals surface area contributed by atoms with Crippen LogP contribution < -0.4 is 19.9 Å². The van der Waals surface area contributed by atoms with Crippen LogP contribution in [0.25, 0.3) is 22.9 Å². The summed E-state index contributed by atoms with van der Waals surface area (Å²) < 4.78 is 82.9. The topological polar surface area (TPSA) is 170 Å². The third-order valence-corrected chi connectivity index (χ3v) is 10.7. The van der Waals surface area contributed by atoms with E-state index in [0.29, 0.717) is 63.0 Å². The van der Waals surface area contributed by atoms with Crippen molar-refractivity contribution in [1.29, 1.82) is 0 Å². The summed E-state index contributed by atoms with van der Waals surface area (Å²) >= 11 is 0. The van der Waals surface area contributed by atoms with Crippen LogP contribution in [0.2, 0.25) is 0 Å². The Hall–Kier alpha value is -5.08. The zero-order valence-corrected chi connectivity index (χ0v) is 29.5. The summed E-state index contributed by atoms with van der Waals surface area (Å²) in [5.41, 5.74) is 2.66. The lowest BCUT2D eigenvalue weighted by Gasteiger charge is -2.26. The molecule has 0 saturated carbocycles. The molecule has 0 unspecified atom stereocenters. The molecule has 2 N–H and O–H groups in total. The van der Waals surface area contributed by atoms with Crippen LogP contribution in [0, 0.1) is 10.1 Å². The predicted molar refractivity (Wildman–Crippen MR) is 193 cm³/mol. The average molecular weight is 730 g/mol. The van der Waals surface area contributed by atoms with Gasteiger partial charge in [-0.3, -0.25) is 19.2 Å². The summed E-state index contributed by atoms with van der Waals surface area (Å²) in [6.45, 7) is 8.59. The zero-order valence-electron chi connectivity index (χ0n) is 27.9. The Morgan fingerprint density at radius 1 is 0.784 bits per heavy atom. The molecule has 5 aromatic rings. The molecule has 0 bridgehead atoms. The SMILES string of the molecule is C=c1c(CCCC)cc2c(c1CCCC)Oc1c(ccc3cc(Oc4ccc([N+](=O)[O-])cc4)ccc13)C=2c1ccc(S(=O)(=O)O)cc1S(=O)(=O)O. The number of unbranched alkanes of at least 4 members (excludes halogenated alkanes) is 2. The van der Waals surface area contributed by atoms with Crippen molar-refractivity contribution in [3.63, 3.8) is 0 Å². The summed E-state index contributed by atoms with van der Waals surface area (Å²) in [6, 6.07) is 19.6. The number of ether oxygens (including phenoxy) is 2. The van der Waals surface area contributed by atoms with Crippen LogP contribution >= 0.6 is 0 Å². The molecule has 0 radical (unpaired) electrons. The number of nitrogens with zero attached hydrogens (tertiary/aromatic N) is 1. The molecule has 1 heterocycles. The molecule has 5 aromatic carbocycles. The van der Waals surface area contributed by atoms with Crippen LogP contribution in [0.3, 0.4) is 0 Å². The van der Waals surface area contributed by atoms with E-state index in [1.54, 1.807) is 30.3 Å². The van der Waals surface area contributed by atoms with Crippen LogP contribution in [0.1, 0.15) is 61.8 Å². The van der Waals surface area contributed by atoms with Gasteiger partial charge >= 0.3 is 0 Å². The third-order valence-electron chi connectivity index (χ3n) is 8.94. The molecule has 0 aromatic heterocycles. The number of nitro benzene ring substituents is 1. The van der Waals surface area contributed by atoms with Crippen molar-refractivity contribution in [3.8, 4) is 23.0 Å². The Morgan fingerprint density at radius 2 is 1.45 bits per heavy atom. The average Bonchev–Trinajstić information content (AvgIpc) is 3.08. The number of nitro groups is 1. The van der Waals surface area contributed by atoms with Gasteiger partial charge in [-0.25, -0.2) is 0 Å². The van der Waals surface area contributed by atoms with E-state index in [9.17, 15) is 36.1 Å². The Labute approximate surface area is 295 Å². The molecule has 1 aliphatic heterocycles. The molecule has 51 heavy (non-hydrogen) atoms. The summed E-state index contributed by atoms with van der Waals surface area (Å²) in [7, 11) is -9.83. The fourth-order valence-corrected chi connectivity index (χ4v) is 7.68. The lowest BCUT2D eigenvalue weighted by atomic mass is 9.87. The number of aryl methyl sites for hydroxylation is 1. The number of benzene rings is 5. The van der Waals surface area contributed by atoms with Crippen molar-refractivity contribution in [2.75, 3.05) is 0 Å². The van der Waals surface area contributed by atoms with Gasteiger partial charge in [-0.05, 0) is 96.4 Å². The monoisotopic (exact) mass is 729 g/mol. The zero-order chi connectivity index (χ0) is 36.7. The van der Waals surface area contributed by atoms with Gasteiger partial charge in [-0.1, -0.05) is 45.4 Å². The van der Waals surface area contributed by atoms with Crippen molar-refractivity contribution < 1.29 is 40.3 Å². The summed E-state index contributed by atoms with van der Waals surface area (Å²) in [5.74, 6) is 1.73. The highest BCUT2D eigenvalue weighted by molar-refractivity contribution is 7.86. The number of hydrogen-bond acceptors (Lipinski definition) is 8. The van der Waals surface area contributed by atoms with Crippen molar-refractivity contribution in [1.82, 2.24) is 0 Å². The first kappa shape index (κ1) is 35.7. The van der Waals surface area contributed by atoms with E-state index < -0.39 is 35.0 Å². The highest BCUT2D eigenvalue weighted by Crippen LogP contribution is 2.44. The fourth-order valence-electron chi connectivity index (χ4n) is 6.37. The normalized spacial score (nSPS) is 12.7. The van der Waals surface area contributed by atoms with Crippen molar-refractivity contribution in [2.45, 2.75) is 62.2 Å². The number of hydrogen-bond donors (Lipinski definition) is 2. The maximum absolute atomic E-state index is 12.9. The minimum atomic E-state index is -5.02. The van der Waals surface area contributed by atoms with E-state index in [-0.39, 0.29) is 11.3 Å².